The summed E-state index contributed by atoms with van der Waals surface area (Å²) in [7, 11) is 3.69. The first-order chi connectivity index (χ1) is 8.70. The van der Waals surface area contributed by atoms with Crippen LogP contribution < -0.4 is 5.32 Å². The molecule has 0 radical (unpaired) electrons. The number of carbonyl (C=O) groups is 1. The summed E-state index contributed by atoms with van der Waals surface area (Å²) in [4.78, 5) is 17.4. The standard InChI is InChI=1S/C14H17N3O/c1-15-14(18)13-7-10-9-5-3-4-6-11(9)16-12(10)8-17(13)2/h3-6,13,16H,7-8H2,1-2H3,(H,15,18)/t13-/m1/s1. The zero-order chi connectivity index (χ0) is 12.7. The monoisotopic (exact) mass is 243 g/mol. The number of nitrogens with zero attached hydrogens (tertiary/aromatic N) is 1. The van der Waals surface area contributed by atoms with Crippen molar-refractivity contribution in [3.8, 4) is 0 Å². The van der Waals surface area contributed by atoms with E-state index in [1.807, 2.05) is 19.2 Å². The van der Waals surface area contributed by atoms with Gasteiger partial charge in [0, 0.05) is 30.2 Å². The van der Waals surface area contributed by atoms with Crippen molar-refractivity contribution in [2.24, 2.45) is 0 Å². The van der Waals surface area contributed by atoms with E-state index in [-0.39, 0.29) is 11.9 Å². The topological polar surface area (TPSA) is 48.1 Å². The number of aromatic amines is 1. The molecule has 3 rings (SSSR count). The van der Waals surface area contributed by atoms with Crippen LogP contribution in [0.15, 0.2) is 24.3 Å². The lowest BCUT2D eigenvalue weighted by molar-refractivity contribution is -0.125. The molecule has 94 valence electrons. The molecule has 1 aromatic heterocycles. The SMILES string of the molecule is CNC(=O)[C@H]1Cc2c([nH]c3ccccc23)CN1C. The average molecular weight is 243 g/mol. The molecule has 2 heterocycles. The third-order valence-corrected chi connectivity index (χ3v) is 3.79. The molecule has 1 aliphatic heterocycles. The van der Waals surface area contributed by atoms with Crippen LogP contribution in [0.4, 0.5) is 0 Å². The van der Waals surface area contributed by atoms with Crippen molar-refractivity contribution in [1.82, 2.24) is 15.2 Å². The van der Waals surface area contributed by atoms with Crippen LogP contribution in [0.2, 0.25) is 0 Å². The Hall–Kier alpha value is -1.81. The quantitative estimate of drug-likeness (QED) is 0.792. The predicted octanol–water partition coefficient (Wildman–Crippen LogP) is 1.27. The van der Waals surface area contributed by atoms with E-state index in [1.165, 1.54) is 16.6 Å². The van der Waals surface area contributed by atoms with E-state index in [1.54, 1.807) is 7.05 Å². The van der Waals surface area contributed by atoms with Gasteiger partial charge in [-0.05, 0) is 25.1 Å². The number of benzene rings is 1. The summed E-state index contributed by atoms with van der Waals surface area (Å²) in [6, 6.07) is 8.22. The van der Waals surface area contributed by atoms with Crippen LogP contribution in [-0.4, -0.2) is 35.9 Å². The highest BCUT2D eigenvalue weighted by atomic mass is 16.2. The summed E-state index contributed by atoms with van der Waals surface area (Å²) < 4.78 is 0. The molecule has 1 atom stereocenters. The number of hydrogen-bond acceptors (Lipinski definition) is 2. The Balaban J connectivity index is 2.06. The van der Waals surface area contributed by atoms with E-state index in [0.29, 0.717) is 0 Å². The number of H-pyrrole nitrogens is 1. The maximum absolute atomic E-state index is 11.9. The van der Waals surface area contributed by atoms with Gasteiger partial charge in [0.05, 0.1) is 6.04 Å². The first-order valence-corrected chi connectivity index (χ1v) is 6.21. The van der Waals surface area contributed by atoms with Crippen molar-refractivity contribution in [1.29, 1.82) is 0 Å². The Morgan fingerprint density at radius 3 is 3.00 bits per heavy atom. The molecule has 2 N–H and O–H groups in total. The van der Waals surface area contributed by atoms with Crippen molar-refractivity contribution in [2.45, 2.75) is 19.0 Å². The first-order valence-electron chi connectivity index (χ1n) is 6.21. The zero-order valence-electron chi connectivity index (χ0n) is 10.7. The number of likely N-dealkylation sites (N-methyl/N-ethyl adjacent to an activating group) is 2. The average Bonchev–Trinajstić information content (AvgIpc) is 2.74. The van der Waals surface area contributed by atoms with Gasteiger partial charge >= 0.3 is 0 Å². The molecule has 0 aliphatic carbocycles. The van der Waals surface area contributed by atoms with Gasteiger partial charge in [-0.25, -0.2) is 0 Å². The molecule has 0 unspecified atom stereocenters. The molecule has 4 nitrogen and oxygen atoms in total. The Morgan fingerprint density at radius 1 is 1.44 bits per heavy atom. The molecule has 0 spiro atoms. The van der Waals surface area contributed by atoms with Gasteiger partial charge < -0.3 is 10.3 Å². The molecule has 4 heteroatoms. The molecule has 0 saturated carbocycles. The highest BCUT2D eigenvalue weighted by molar-refractivity contribution is 5.87. The van der Waals surface area contributed by atoms with Gasteiger partial charge in [-0.2, -0.15) is 0 Å². The van der Waals surface area contributed by atoms with Crippen molar-refractivity contribution in [2.75, 3.05) is 14.1 Å². The van der Waals surface area contributed by atoms with Gasteiger partial charge in [-0.1, -0.05) is 18.2 Å². The maximum Gasteiger partial charge on any atom is 0.237 e. The number of fused-ring (bicyclic) bond motifs is 3. The fourth-order valence-electron chi connectivity index (χ4n) is 2.79. The van der Waals surface area contributed by atoms with Crippen LogP contribution in [0, 0.1) is 0 Å². The number of aromatic nitrogens is 1. The minimum Gasteiger partial charge on any atom is -0.358 e. The summed E-state index contributed by atoms with van der Waals surface area (Å²) in [5.74, 6) is 0.0911. The lowest BCUT2D eigenvalue weighted by Gasteiger charge is -2.31. The summed E-state index contributed by atoms with van der Waals surface area (Å²) in [5.41, 5.74) is 3.68. The largest absolute Gasteiger partial charge is 0.358 e. The molecule has 0 saturated heterocycles. The minimum atomic E-state index is -0.0679. The smallest absolute Gasteiger partial charge is 0.237 e. The molecule has 2 aromatic rings. The number of rotatable bonds is 1. The second-order valence-corrected chi connectivity index (χ2v) is 4.88. The van der Waals surface area contributed by atoms with Crippen molar-refractivity contribution in [3.63, 3.8) is 0 Å². The van der Waals surface area contributed by atoms with Crippen molar-refractivity contribution in [3.05, 3.63) is 35.5 Å². The fourth-order valence-corrected chi connectivity index (χ4v) is 2.79. The first kappa shape index (κ1) is 11.3. The third kappa shape index (κ3) is 1.61. The zero-order valence-corrected chi connectivity index (χ0v) is 10.7. The van der Waals surface area contributed by atoms with Gasteiger partial charge in [0.2, 0.25) is 5.91 Å². The number of hydrogen-bond donors (Lipinski definition) is 2. The number of para-hydroxylation sites is 1. The van der Waals surface area contributed by atoms with E-state index in [2.05, 4.69) is 27.3 Å². The molecule has 1 aliphatic rings. The normalized spacial score (nSPS) is 19.8. The molecule has 1 amide bonds. The van der Waals surface area contributed by atoms with Crippen LogP contribution >= 0.6 is 0 Å². The van der Waals surface area contributed by atoms with E-state index < -0.39 is 0 Å². The van der Waals surface area contributed by atoms with Crippen LogP contribution in [0.5, 0.6) is 0 Å². The van der Waals surface area contributed by atoms with Gasteiger partial charge in [0.15, 0.2) is 0 Å². The Labute approximate surface area is 106 Å². The van der Waals surface area contributed by atoms with Crippen LogP contribution in [0.25, 0.3) is 10.9 Å². The Bertz CT molecular complexity index is 602. The highest BCUT2D eigenvalue weighted by Gasteiger charge is 2.30. The molecule has 0 fully saturated rings. The molecular weight excluding hydrogens is 226 g/mol. The van der Waals surface area contributed by atoms with E-state index >= 15 is 0 Å². The molecule has 18 heavy (non-hydrogen) atoms. The van der Waals surface area contributed by atoms with E-state index in [0.717, 1.165) is 18.5 Å². The Kier molecular flexibility index (Phi) is 2.59. The summed E-state index contributed by atoms with van der Waals surface area (Å²) >= 11 is 0. The fraction of sp³-hybridized carbons (Fsp3) is 0.357. The number of nitrogens with one attached hydrogen (secondary N) is 2. The maximum atomic E-state index is 11.9. The number of amides is 1. The van der Waals surface area contributed by atoms with E-state index in [9.17, 15) is 4.79 Å². The van der Waals surface area contributed by atoms with Gasteiger partial charge in [0.1, 0.15) is 0 Å². The second-order valence-electron chi connectivity index (χ2n) is 4.88. The van der Waals surface area contributed by atoms with E-state index in [4.69, 9.17) is 0 Å². The van der Waals surface area contributed by atoms with Gasteiger partial charge in [-0.15, -0.1) is 0 Å². The number of carbonyl (C=O) groups excluding carboxylic acids is 1. The van der Waals surface area contributed by atoms with Crippen LogP contribution in [0.1, 0.15) is 11.3 Å². The Morgan fingerprint density at radius 2 is 2.22 bits per heavy atom. The van der Waals surface area contributed by atoms with Crippen molar-refractivity contribution >= 4 is 16.8 Å². The second kappa shape index (κ2) is 4.14. The van der Waals surface area contributed by atoms with Crippen molar-refractivity contribution < 1.29 is 4.79 Å². The summed E-state index contributed by atoms with van der Waals surface area (Å²) in [6.45, 7) is 0.794. The molecule has 0 bridgehead atoms. The van der Waals surface area contributed by atoms with Crippen LogP contribution in [-0.2, 0) is 17.8 Å². The lowest BCUT2D eigenvalue weighted by Crippen LogP contribution is -2.47. The minimum absolute atomic E-state index is 0.0679. The molecule has 1 aromatic carbocycles. The van der Waals surface area contributed by atoms with Gasteiger partial charge in [-0.3, -0.25) is 9.69 Å². The lowest BCUT2D eigenvalue weighted by atomic mass is 9.96. The third-order valence-electron chi connectivity index (χ3n) is 3.79. The highest BCUT2D eigenvalue weighted by Crippen LogP contribution is 2.29. The summed E-state index contributed by atoms with van der Waals surface area (Å²) in [5, 5.41) is 3.99. The molecular formula is C14H17N3O. The predicted molar refractivity (Wildman–Crippen MR) is 71.3 cm³/mol. The summed E-state index contributed by atoms with van der Waals surface area (Å²) in [6.07, 6.45) is 0.773. The van der Waals surface area contributed by atoms with Gasteiger partial charge in [0.25, 0.3) is 0 Å². The van der Waals surface area contributed by atoms with Crippen LogP contribution in [0.3, 0.4) is 0 Å².